The molecule has 1 N–H and O–H groups in total. The standard InChI is InChI=1S/C16H27NO2/c1-13-6-8-14(9-7-13)15(12-17-4)19-11-10-16(2,3)18-5/h6-9,15,17H,10-12H2,1-5H3. The van der Waals surface area contributed by atoms with E-state index in [4.69, 9.17) is 9.47 Å². The number of hydrogen-bond acceptors (Lipinski definition) is 3. The first-order valence-electron chi connectivity index (χ1n) is 6.86. The summed E-state index contributed by atoms with van der Waals surface area (Å²) >= 11 is 0. The van der Waals surface area contributed by atoms with Crippen LogP contribution < -0.4 is 5.32 Å². The Morgan fingerprint density at radius 3 is 2.37 bits per heavy atom. The van der Waals surface area contributed by atoms with Gasteiger partial charge in [-0.2, -0.15) is 0 Å². The Labute approximate surface area is 117 Å². The Balaban J connectivity index is 2.56. The zero-order valence-electron chi connectivity index (χ0n) is 12.8. The predicted molar refractivity (Wildman–Crippen MR) is 79.5 cm³/mol. The maximum absolute atomic E-state index is 6.00. The van der Waals surface area contributed by atoms with Gasteiger partial charge in [-0.1, -0.05) is 29.8 Å². The first kappa shape index (κ1) is 16.2. The molecule has 1 atom stereocenters. The highest BCUT2D eigenvalue weighted by Crippen LogP contribution is 2.20. The van der Waals surface area contributed by atoms with Gasteiger partial charge in [0, 0.05) is 13.7 Å². The number of likely N-dealkylation sites (N-methyl/N-ethyl adjacent to an activating group) is 1. The van der Waals surface area contributed by atoms with Crippen molar-refractivity contribution in [3.05, 3.63) is 35.4 Å². The molecule has 0 saturated carbocycles. The minimum Gasteiger partial charge on any atom is -0.379 e. The lowest BCUT2D eigenvalue weighted by Gasteiger charge is -2.25. The summed E-state index contributed by atoms with van der Waals surface area (Å²) in [6.45, 7) is 7.76. The molecule has 0 aromatic heterocycles. The van der Waals surface area contributed by atoms with E-state index in [2.05, 4.69) is 50.4 Å². The third kappa shape index (κ3) is 5.72. The van der Waals surface area contributed by atoms with Crippen LogP contribution in [0.25, 0.3) is 0 Å². The quantitative estimate of drug-likeness (QED) is 0.783. The van der Waals surface area contributed by atoms with E-state index >= 15 is 0 Å². The average Bonchev–Trinajstić information content (AvgIpc) is 2.39. The third-order valence-corrected chi connectivity index (χ3v) is 3.41. The largest absolute Gasteiger partial charge is 0.379 e. The molecule has 0 spiro atoms. The Hall–Kier alpha value is -0.900. The molecular weight excluding hydrogens is 238 g/mol. The molecule has 3 heteroatoms. The van der Waals surface area contributed by atoms with Crippen molar-refractivity contribution in [2.75, 3.05) is 27.3 Å². The van der Waals surface area contributed by atoms with Crippen LogP contribution in [0.15, 0.2) is 24.3 Å². The van der Waals surface area contributed by atoms with Gasteiger partial charge in [-0.25, -0.2) is 0 Å². The Morgan fingerprint density at radius 2 is 1.84 bits per heavy atom. The van der Waals surface area contributed by atoms with E-state index in [1.54, 1.807) is 7.11 Å². The maximum atomic E-state index is 6.00. The van der Waals surface area contributed by atoms with Crippen LogP contribution in [0.1, 0.15) is 37.5 Å². The van der Waals surface area contributed by atoms with Crippen molar-refractivity contribution < 1.29 is 9.47 Å². The molecule has 0 amide bonds. The molecule has 1 aromatic rings. The summed E-state index contributed by atoms with van der Waals surface area (Å²) in [5, 5.41) is 3.19. The number of hydrogen-bond donors (Lipinski definition) is 1. The first-order valence-corrected chi connectivity index (χ1v) is 6.86. The van der Waals surface area contributed by atoms with Crippen LogP contribution in [0, 0.1) is 6.92 Å². The smallest absolute Gasteiger partial charge is 0.0949 e. The predicted octanol–water partition coefficient (Wildman–Crippen LogP) is 3.09. The fraction of sp³-hybridized carbons (Fsp3) is 0.625. The second-order valence-corrected chi connectivity index (χ2v) is 5.54. The van der Waals surface area contributed by atoms with Crippen LogP contribution in [0.3, 0.4) is 0 Å². The van der Waals surface area contributed by atoms with Gasteiger partial charge in [0.2, 0.25) is 0 Å². The van der Waals surface area contributed by atoms with Crippen molar-refractivity contribution >= 4 is 0 Å². The summed E-state index contributed by atoms with van der Waals surface area (Å²) in [6, 6.07) is 8.53. The summed E-state index contributed by atoms with van der Waals surface area (Å²) in [6.07, 6.45) is 0.980. The number of methoxy groups -OCH3 is 1. The van der Waals surface area contributed by atoms with Crippen molar-refractivity contribution in [3.63, 3.8) is 0 Å². The molecule has 19 heavy (non-hydrogen) atoms. The first-order chi connectivity index (χ1) is 8.98. The van der Waals surface area contributed by atoms with Gasteiger partial charge < -0.3 is 14.8 Å². The Morgan fingerprint density at radius 1 is 1.21 bits per heavy atom. The molecule has 3 nitrogen and oxygen atoms in total. The van der Waals surface area contributed by atoms with Crippen LogP contribution in [0.2, 0.25) is 0 Å². The molecule has 0 saturated heterocycles. The lowest BCUT2D eigenvalue weighted by atomic mass is 10.1. The molecule has 1 unspecified atom stereocenters. The zero-order chi connectivity index (χ0) is 14.3. The molecule has 108 valence electrons. The summed E-state index contributed by atoms with van der Waals surface area (Å²) in [5.41, 5.74) is 2.36. The van der Waals surface area contributed by atoms with E-state index in [9.17, 15) is 0 Å². The Kier molecular flexibility index (Phi) is 6.49. The van der Waals surface area contributed by atoms with Gasteiger partial charge in [0.1, 0.15) is 0 Å². The van der Waals surface area contributed by atoms with Gasteiger partial charge in [-0.3, -0.25) is 0 Å². The molecule has 1 aromatic carbocycles. The SMILES string of the molecule is CNCC(OCCC(C)(C)OC)c1ccc(C)cc1. The number of rotatable bonds is 8. The average molecular weight is 265 g/mol. The fourth-order valence-electron chi connectivity index (χ4n) is 1.79. The summed E-state index contributed by atoms with van der Waals surface area (Å²) in [7, 11) is 3.69. The van der Waals surface area contributed by atoms with Crippen LogP contribution in [0.4, 0.5) is 0 Å². The number of ether oxygens (including phenoxy) is 2. The molecule has 0 bridgehead atoms. The lowest BCUT2D eigenvalue weighted by molar-refractivity contribution is -0.0269. The summed E-state index contributed by atoms with van der Waals surface area (Å²) in [5.74, 6) is 0. The number of nitrogens with one attached hydrogen (secondary N) is 1. The van der Waals surface area contributed by atoms with E-state index in [-0.39, 0.29) is 11.7 Å². The Bertz CT molecular complexity index is 360. The fourth-order valence-corrected chi connectivity index (χ4v) is 1.79. The van der Waals surface area contributed by atoms with Crippen molar-refractivity contribution in [2.24, 2.45) is 0 Å². The molecule has 0 aliphatic carbocycles. The second kappa shape index (κ2) is 7.63. The van der Waals surface area contributed by atoms with Gasteiger partial charge in [0.25, 0.3) is 0 Å². The zero-order valence-corrected chi connectivity index (χ0v) is 12.8. The molecule has 0 aliphatic rings. The van der Waals surface area contributed by atoms with Crippen molar-refractivity contribution in [1.82, 2.24) is 5.32 Å². The highest BCUT2D eigenvalue weighted by molar-refractivity contribution is 5.23. The second-order valence-electron chi connectivity index (χ2n) is 5.54. The molecule has 0 radical (unpaired) electrons. The molecule has 0 heterocycles. The van der Waals surface area contributed by atoms with E-state index in [1.807, 2.05) is 7.05 Å². The van der Waals surface area contributed by atoms with Crippen molar-refractivity contribution in [2.45, 2.75) is 38.9 Å². The van der Waals surface area contributed by atoms with E-state index in [0.29, 0.717) is 6.61 Å². The highest BCUT2D eigenvalue weighted by Gasteiger charge is 2.18. The van der Waals surface area contributed by atoms with Crippen LogP contribution in [-0.2, 0) is 9.47 Å². The summed E-state index contributed by atoms with van der Waals surface area (Å²) in [4.78, 5) is 0. The van der Waals surface area contributed by atoms with Crippen LogP contribution >= 0.6 is 0 Å². The monoisotopic (exact) mass is 265 g/mol. The minimum atomic E-state index is -0.128. The van der Waals surface area contributed by atoms with Crippen LogP contribution in [-0.4, -0.2) is 32.9 Å². The number of benzene rings is 1. The molecular formula is C16H27NO2. The maximum Gasteiger partial charge on any atom is 0.0949 e. The summed E-state index contributed by atoms with van der Waals surface area (Å²) < 4.78 is 11.4. The van der Waals surface area contributed by atoms with Gasteiger partial charge in [-0.05, 0) is 39.8 Å². The van der Waals surface area contributed by atoms with Crippen molar-refractivity contribution in [1.29, 1.82) is 0 Å². The van der Waals surface area contributed by atoms with E-state index < -0.39 is 0 Å². The normalized spacial score (nSPS) is 13.5. The van der Waals surface area contributed by atoms with Gasteiger partial charge in [-0.15, -0.1) is 0 Å². The van der Waals surface area contributed by atoms with Crippen LogP contribution in [0.5, 0.6) is 0 Å². The minimum absolute atomic E-state index is 0.0956. The lowest BCUT2D eigenvalue weighted by Crippen LogP contribution is -2.26. The van der Waals surface area contributed by atoms with E-state index in [1.165, 1.54) is 11.1 Å². The van der Waals surface area contributed by atoms with Gasteiger partial charge in [0.15, 0.2) is 0 Å². The molecule has 0 fully saturated rings. The third-order valence-electron chi connectivity index (χ3n) is 3.41. The molecule has 1 rings (SSSR count). The van der Waals surface area contributed by atoms with E-state index in [0.717, 1.165) is 13.0 Å². The highest BCUT2D eigenvalue weighted by atomic mass is 16.5. The topological polar surface area (TPSA) is 30.5 Å². The number of aryl methyl sites for hydroxylation is 1. The van der Waals surface area contributed by atoms with Crippen molar-refractivity contribution in [3.8, 4) is 0 Å². The van der Waals surface area contributed by atoms with Gasteiger partial charge in [0.05, 0.1) is 18.3 Å². The van der Waals surface area contributed by atoms with Gasteiger partial charge >= 0.3 is 0 Å². The molecule has 0 aliphatic heterocycles.